The molecule has 8 nitrogen and oxygen atoms in total. The van der Waals surface area contributed by atoms with E-state index in [9.17, 15) is 14.4 Å². The number of hydrogen-bond donors (Lipinski definition) is 3. The summed E-state index contributed by atoms with van der Waals surface area (Å²) >= 11 is 1.55. The second-order valence-corrected chi connectivity index (χ2v) is 7.65. The van der Waals surface area contributed by atoms with E-state index in [-0.39, 0.29) is 17.1 Å². The van der Waals surface area contributed by atoms with Gasteiger partial charge in [0, 0.05) is 18.3 Å². The van der Waals surface area contributed by atoms with Gasteiger partial charge in [-0.05, 0) is 44.0 Å². The van der Waals surface area contributed by atoms with Gasteiger partial charge in [0.15, 0.2) is 0 Å². The Kier molecular flexibility index (Phi) is 10.9. The van der Waals surface area contributed by atoms with Crippen molar-refractivity contribution < 1.29 is 24.6 Å². The summed E-state index contributed by atoms with van der Waals surface area (Å²) in [6, 6.07) is 5.80. The number of pyridine rings is 1. The van der Waals surface area contributed by atoms with E-state index in [1.165, 1.54) is 12.8 Å². The molecule has 1 aliphatic rings. The Morgan fingerprint density at radius 2 is 1.79 bits per heavy atom. The van der Waals surface area contributed by atoms with E-state index in [0.717, 1.165) is 18.1 Å². The number of aromatic nitrogens is 1. The summed E-state index contributed by atoms with van der Waals surface area (Å²) in [5.41, 5.74) is 0. The Hall–Kier alpha value is -2.39. The molecule has 1 unspecified atom stereocenters. The molecular weight excluding hydrogens is 382 g/mol. The van der Waals surface area contributed by atoms with Gasteiger partial charge in [0.05, 0.1) is 16.9 Å². The molecule has 0 aromatic carbocycles. The quantitative estimate of drug-likeness (QED) is 0.441. The minimum atomic E-state index is -1.26. The summed E-state index contributed by atoms with van der Waals surface area (Å²) in [5.74, 6) is -2.12. The zero-order valence-corrected chi connectivity index (χ0v) is 16.9. The van der Waals surface area contributed by atoms with Crippen molar-refractivity contribution in [3.63, 3.8) is 0 Å². The predicted molar refractivity (Wildman–Crippen MR) is 107 cm³/mol. The van der Waals surface area contributed by atoms with Gasteiger partial charge in [-0.2, -0.15) is 0 Å². The minimum Gasteiger partial charge on any atom is -0.478 e. The highest BCUT2D eigenvalue weighted by molar-refractivity contribution is 8.00. The smallest absolute Gasteiger partial charge is 0.328 e. The molecule has 9 heteroatoms. The molecule has 0 bridgehead atoms. The number of carboxylic acids is 2. The number of carbonyl (C=O) groups is 3. The highest BCUT2D eigenvalue weighted by Gasteiger charge is 2.24. The minimum absolute atomic E-state index is 0.0903. The number of carbonyl (C=O) groups excluding carboxylic acids is 1. The molecule has 0 saturated carbocycles. The lowest BCUT2D eigenvalue weighted by Gasteiger charge is -2.22. The fourth-order valence-corrected chi connectivity index (χ4v) is 3.41. The fourth-order valence-electron chi connectivity index (χ4n) is 2.41. The van der Waals surface area contributed by atoms with Crippen molar-refractivity contribution >= 4 is 29.6 Å². The molecule has 1 atom stereocenters. The average molecular weight is 410 g/mol. The van der Waals surface area contributed by atoms with E-state index < -0.39 is 11.9 Å². The van der Waals surface area contributed by atoms with Crippen LogP contribution in [-0.2, 0) is 14.4 Å². The van der Waals surface area contributed by atoms with Crippen molar-refractivity contribution in [1.82, 2.24) is 15.2 Å². The van der Waals surface area contributed by atoms with Crippen molar-refractivity contribution in [2.75, 3.05) is 19.8 Å². The number of rotatable bonds is 8. The van der Waals surface area contributed by atoms with Crippen molar-refractivity contribution in [2.45, 2.75) is 37.0 Å². The predicted octanol–water partition coefficient (Wildman–Crippen LogP) is 2.08. The Morgan fingerprint density at radius 3 is 2.25 bits per heavy atom. The molecule has 1 amide bonds. The van der Waals surface area contributed by atoms with Crippen molar-refractivity contribution in [1.29, 1.82) is 0 Å². The maximum Gasteiger partial charge on any atom is 0.328 e. The number of hydrogen-bond acceptors (Lipinski definition) is 6. The third-order valence-corrected chi connectivity index (χ3v) is 5.29. The number of thioether (sulfide) groups is 1. The lowest BCUT2D eigenvalue weighted by atomic mass is 10.1. The largest absolute Gasteiger partial charge is 0.478 e. The first-order chi connectivity index (χ1) is 13.3. The highest BCUT2D eigenvalue weighted by atomic mass is 32.2. The fraction of sp³-hybridized carbons (Fsp3) is 0.474. The molecular formula is C19H27N3O5S. The second-order valence-electron chi connectivity index (χ2n) is 6.48. The van der Waals surface area contributed by atoms with Crippen LogP contribution in [0.3, 0.4) is 0 Å². The third kappa shape index (κ3) is 10.1. The van der Waals surface area contributed by atoms with Gasteiger partial charge in [-0.25, -0.2) is 14.6 Å². The van der Waals surface area contributed by atoms with Crippen LogP contribution in [0.4, 0.5) is 0 Å². The van der Waals surface area contributed by atoms with E-state index in [2.05, 4.69) is 29.0 Å². The summed E-state index contributed by atoms with van der Waals surface area (Å²) in [7, 11) is 0. The number of nitrogens with zero attached hydrogens (tertiary/aromatic N) is 2. The zero-order chi connectivity index (χ0) is 20.9. The number of nitrogens with one attached hydrogen (secondary N) is 1. The molecule has 3 N–H and O–H groups in total. The molecule has 2 rings (SSSR count). The molecule has 1 saturated heterocycles. The molecule has 154 valence electrons. The summed E-state index contributed by atoms with van der Waals surface area (Å²) in [5, 5.41) is 19.5. The van der Waals surface area contributed by atoms with Gasteiger partial charge < -0.3 is 15.5 Å². The Bertz CT molecular complexity index is 645. The Balaban J connectivity index is 0.000000416. The first-order valence-electron chi connectivity index (χ1n) is 9.01. The number of aliphatic carboxylic acids is 2. The van der Waals surface area contributed by atoms with Gasteiger partial charge in [0.2, 0.25) is 5.91 Å². The van der Waals surface area contributed by atoms with E-state index in [0.29, 0.717) is 18.8 Å². The molecule has 28 heavy (non-hydrogen) atoms. The van der Waals surface area contributed by atoms with Crippen molar-refractivity contribution in [3.8, 4) is 0 Å². The van der Waals surface area contributed by atoms with E-state index in [4.69, 9.17) is 10.2 Å². The van der Waals surface area contributed by atoms with Crippen LogP contribution >= 0.6 is 11.8 Å². The molecule has 1 fully saturated rings. The summed E-state index contributed by atoms with van der Waals surface area (Å²) in [6.45, 7) is 7.02. The van der Waals surface area contributed by atoms with Gasteiger partial charge in [0.25, 0.3) is 0 Å². The molecule has 1 aliphatic heterocycles. The summed E-state index contributed by atoms with van der Waals surface area (Å²) in [6.07, 6.45) is 5.37. The second kappa shape index (κ2) is 12.9. The van der Waals surface area contributed by atoms with Crippen LogP contribution in [-0.4, -0.2) is 63.0 Å². The van der Waals surface area contributed by atoms with Crippen LogP contribution in [0, 0.1) is 5.92 Å². The molecule has 2 heterocycles. The topological polar surface area (TPSA) is 120 Å². The molecule has 1 aromatic heterocycles. The van der Waals surface area contributed by atoms with Crippen LogP contribution in [0.1, 0.15) is 26.7 Å². The van der Waals surface area contributed by atoms with Crippen LogP contribution in [0.25, 0.3) is 0 Å². The standard InChI is InChI=1S/C15H23N3OS.C4H4O4/c1-12(2)14(20-13-7-3-4-8-16-13)15(19)17-11-18-9-5-6-10-18;5-3(6)1-2-4(7)8/h3-4,7-8,12,14H,5-6,9-11H2,1-2H3,(H,17,19);1-2H,(H,5,6)(H,7,8)/b;2-1-. The Morgan fingerprint density at radius 1 is 1.18 bits per heavy atom. The maximum absolute atomic E-state index is 12.4. The number of carboxylic acid groups (broad SMARTS) is 2. The lowest BCUT2D eigenvalue weighted by molar-refractivity contribution is -0.134. The number of amides is 1. The first-order valence-corrected chi connectivity index (χ1v) is 9.89. The molecule has 0 aliphatic carbocycles. The molecule has 1 aromatic rings. The van der Waals surface area contributed by atoms with E-state index in [1.54, 1.807) is 18.0 Å². The highest BCUT2D eigenvalue weighted by Crippen LogP contribution is 2.26. The van der Waals surface area contributed by atoms with Gasteiger partial charge in [0.1, 0.15) is 0 Å². The van der Waals surface area contributed by atoms with Gasteiger partial charge >= 0.3 is 11.9 Å². The maximum atomic E-state index is 12.4. The molecule has 0 spiro atoms. The van der Waals surface area contributed by atoms with Gasteiger partial charge in [-0.15, -0.1) is 0 Å². The van der Waals surface area contributed by atoms with Crippen LogP contribution in [0.15, 0.2) is 41.6 Å². The van der Waals surface area contributed by atoms with Crippen molar-refractivity contribution in [2.24, 2.45) is 5.92 Å². The van der Waals surface area contributed by atoms with E-state index in [1.807, 2.05) is 18.2 Å². The van der Waals surface area contributed by atoms with Crippen LogP contribution < -0.4 is 5.32 Å². The summed E-state index contributed by atoms with van der Waals surface area (Å²) in [4.78, 5) is 38.1. The van der Waals surface area contributed by atoms with Crippen LogP contribution in [0.5, 0.6) is 0 Å². The average Bonchev–Trinajstić information content (AvgIpc) is 3.17. The molecule has 0 radical (unpaired) electrons. The Labute approximate surface area is 169 Å². The normalized spacial score (nSPS) is 15.1. The SMILES string of the molecule is CC(C)C(Sc1ccccn1)C(=O)NCN1CCCC1.O=C(O)/C=C\C(=O)O. The van der Waals surface area contributed by atoms with Gasteiger partial charge in [-0.1, -0.05) is 31.7 Å². The third-order valence-electron chi connectivity index (χ3n) is 3.79. The summed E-state index contributed by atoms with van der Waals surface area (Å²) < 4.78 is 0. The van der Waals surface area contributed by atoms with Gasteiger partial charge in [-0.3, -0.25) is 9.69 Å². The van der Waals surface area contributed by atoms with E-state index >= 15 is 0 Å². The zero-order valence-electron chi connectivity index (χ0n) is 16.1. The number of likely N-dealkylation sites (tertiary alicyclic amines) is 1. The monoisotopic (exact) mass is 409 g/mol. The van der Waals surface area contributed by atoms with Crippen LogP contribution in [0.2, 0.25) is 0 Å². The first kappa shape index (κ1) is 23.6. The lowest BCUT2D eigenvalue weighted by Crippen LogP contribution is -2.41. The van der Waals surface area contributed by atoms with Crippen molar-refractivity contribution in [3.05, 3.63) is 36.5 Å².